The molecule has 8 heteroatoms. The Morgan fingerprint density at radius 2 is 1.77 bits per heavy atom. The highest BCUT2D eigenvalue weighted by Gasteiger charge is 2.24. The van der Waals surface area contributed by atoms with Crippen molar-refractivity contribution in [2.75, 3.05) is 12.3 Å². The number of thioether (sulfide) groups is 1. The molecule has 1 aliphatic rings. The van der Waals surface area contributed by atoms with Crippen LogP contribution in [0.15, 0.2) is 71.8 Å². The molecule has 164 valence electrons. The molecule has 0 spiro atoms. The smallest absolute Gasteiger partial charge is 0.408 e. The molecule has 2 aromatic carbocycles. The summed E-state index contributed by atoms with van der Waals surface area (Å²) in [7, 11) is 0. The van der Waals surface area contributed by atoms with Crippen LogP contribution in [-0.4, -0.2) is 36.4 Å². The standard InChI is InChI=1S/C23H27N3O4S/c1-2-31-21-14-19(30-26-21)15-24-22(27)20(13-17-9-5-3-6-10-17)25-23(28)29-16-18-11-7-4-8-12-18/h3-12,14,19-20,26H,2,13,15-16H2,1H3,(H,24,27)(H,25,28)/t19?,20-/m0/s1. The topological polar surface area (TPSA) is 88.7 Å². The van der Waals surface area contributed by atoms with Crippen molar-refractivity contribution >= 4 is 23.8 Å². The fourth-order valence-corrected chi connectivity index (χ4v) is 3.66. The molecule has 2 amide bonds. The lowest BCUT2D eigenvalue weighted by molar-refractivity contribution is -0.123. The van der Waals surface area contributed by atoms with Crippen molar-refractivity contribution in [2.45, 2.75) is 32.1 Å². The van der Waals surface area contributed by atoms with Gasteiger partial charge in [-0.25, -0.2) is 4.79 Å². The van der Waals surface area contributed by atoms with Crippen molar-refractivity contribution in [1.82, 2.24) is 16.1 Å². The van der Waals surface area contributed by atoms with Gasteiger partial charge in [0.1, 0.15) is 18.8 Å². The number of nitrogens with one attached hydrogen (secondary N) is 3. The van der Waals surface area contributed by atoms with Crippen LogP contribution in [0.2, 0.25) is 0 Å². The zero-order valence-corrected chi connectivity index (χ0v) is 18.2. The van der Waals surface area contributed by atoms with E-state index in [1.54, 1.807) is 11.8 Å². The first-order valence-electron chi connectivity index (χ1n) is 10.2. The molecule has 1 heterocycles. The summed E-state index contributed by atoms with van der Waals surface area (Å²) in [5.74, 6) is 0.629. The van der Waals surface area contributed by atoms with E-state index in [9.17, 15) is 9.59 Å². The second-order valence-electron chi connectivity index (χ2n) is 6.92. The predicted molar refractivity (Wildman–Crippen MR) is 121 cm³/mol. The van der Waals surface area contributed by atoms with Crippen LogP contribution in [0.25, 0.3) is 0 Å². The fourth-order valence-electron chi connectivity index (χ4n) is 2.99. The second-order valence-corrected chi connectivity index (χ2v) is 8.22. The third-order valence-corrected chi connectivity index (χ3v) is 5.35. The first kappa shape index (κ1) is 22.7. The number of ether oxygens (including phenoxy) is 1. The minimum Gasteiger partial charge on any atom is -0.445 e. The van der Waals surface area contributed by atoms with Crippen LogP contribution in [0.4, 0.5) is 4.79 Å². The van der Waals surface area contributed by atoms with Gasteiger partial charge in [-0.15, -0.1) is 11.8 Å². The van der Waals surface area contributed by atoms with E-state index in [1.807, 2.05) is 66.7 Å². The van der Waals surface area contributed by atoms with Gasteiger partial charge in [0.25, 0.3) is 0 Å². The van der Waals surface area contributed by atoms with Gasteiger partial charge in [0.2, 0.25) is 5.91 Å². The molecule has 1 aliphatic heterocycles. The van der Waals surface area contributed by atoms with Crippen LogP contribution in [-0.2, 0) is 27.4 Å². The Labute approximate surface area is 186 Å². The summed E-state index contributed by atoms with van der Waals surface area (Å²) >= 11 is 1.64. The van der Waals surface area contributed by atoms with Crippen molar-refractivity contribution in [3.63, 3.8) is 0 Å². The summed E-state index contributed by atoms with van der Waals surface area (Å²) in [5, 5.41) is 6.48. The van der Waals surface area contributed by atoms with E-state index in [-0.39, 0.29) is 18.6 Å². The van der Waals surface area contributed by atoms with Crippen molar-refractivity contribution in [2.24, 2.45) is 0 Å². The maximum absolute atomic E-state index is 12.8. The van der Waals surface area contributed by atoms with Gasteiger partial charge in [-0.1, -0.05) is 67.6 Å². The maximum atomic E-state index is 12.8. The number of rotatable bonds is 10. The van der Waals surface area contributed by atoms with Gasteiger partial charge in [0.05, 0.1) is 11.6 Å². The summed E-state index contributed by atoms with van der Waals surface area (Å²) in [6.07, 6.45) is 1.38. The van der Waals surface area contributed by atoms with Gasteiger partial charge in [-0.2, -0.15) is 0 Å². The Bertz CT molecular complexity index is 877. The van der Waals surface area contributed by atoms with Crippen LogP contribution in [0, 0.1) is 0 Å². The molecule has 3 rings (SSSR count). The van der Waals surface area contributed by atoms with E-state index in [0.717, 1.165) is 21.9 Å². The minimum absolute atomic E-state index is 0.136. The Morgan fingerprint density at radius 1 is 1.10 bits per heavy atom. The van der Waals surface area contributed by atoms with E-state index in [1.165, 1.54) is 0 Å². The quantitative estimate of drug-likeness (QED) is 0.525. The first-order valence-corrected chi connectivity index (χ1v) is 11.2. The van der Waals surface area contributed by atoms with Crippen molar-refractivity contribution in [3.05, 3.63) is 82.9 Å². The molecular formula is C23H27N3O4S. The van der Waals surface area contributed by atoms with Crippen LogP contribution >= 0.6 is 11.8 Å². The van der Waals surface area contributed by atoms with Gasteiger partial charge < -0.3 is 15.4 Å². The molecule has 0 bridgehead atoms. The largest absolute Gasteiger partial charge is 0.445 e. The molecule has 3 N–H and O–H groups in total. The molecule has 0 aromatic heterocycles. The summed E-state index contributed by atoms with van der Waals surface area (Å²) in [6, 6.07) is 18.1. The lowest BCUT2D eigenvalue weighted by Crippen LogP contribution is -2.49. The maximum Gasteiger partial charge on any atom is 0.408 e. The average Bonchev–Trinajstić information content (AvgIpc) is 3.25. The average molecular weight is 442 g/mol. The second kappa shape index (κ2) is 12.0. The number of amides is 2. The molecule has 31 heavy (non-hydrogen) atoms. The SMILES string of the molecule is CCSC1=CC(CNC(=O)[C@H](Cc2ccccc2)NC(=O)OCc2ccccc2)ON1. The minimum atomic E-state index is -0.770. The third-order valence-electron chi connectivity index (χ3n) is 4.53. The van der Waals surface area contributed by atoms with E-state index in [0.29, 0.717) is 13.0 Å². The summed E-state index contributed by atoms with van der Waals surface area (Å²) in [4.78, 5) is 30.6. The number of benzene rings is 2. The highest BCUT2D eigenvalue weighted by atomic mass is 32.2. The Balaban J connectivity index is 1.56. The predicted octanol–water partition coefficient (Wildman–Crippen LogP) is 3.14. The Kier molecular flexibility index (Phi) is 8.81. The first-order chi connectivity index (χ1) is 15.1. The van der Waals surface area contributed by atoms with Gasteiger partial charge in [-0.3, -0.25) is 15.1 Å². The third kappa shape index (κ3) is 7.66. The zero-order valence-electron chi connectivity index (χ0n) is 17.4. The summed E-state index contributed by atoms with van der Waals surface area (Å²) in [6.45, 7) is 2.49. The number of alkyl carbamates (subject to hydrolysis) is 1. The van der Waals surface area contributed by atoms with Crippen LogP contribution < -0.4 is 16.1 Å². The van der Waals surface area contributed by atoms with Crippen molar-refractivity contribution < 1.29 is 19.2 Å². The number of hydroxylamine groups is 1. The normalized spacial score (nSPS) is 16.0. The lowest BCUT2D eigenvalue weighted by Gasteiger charge is -2.19. The molecule has 2 atom stereocenters. The zero-order chi connectivity index (χ0) is 21.9. The van der Waals surface area contributed by atoms with Crippen molar-refractivity contribution in [3.8, 4) is 0 Å². The molecule has 0 fully saturated rings. The van der Waals surface area contributed by atoms with Gasteiger partial charge in [-0.05, 0) is 23.0 Å². The van der Waals surface area contributed by atoms with Crippen LogP contribution in [0.1, 0.15) is 18.1 Å². The fraction of sp³-hybridized carbons (Fsp3) is 0.304. The van der Waals surface area contributed by atoms with E-state index >= 15 is 0 Å². The highest BCUT2D eigenvalue weighted by molar-refractivity contribution is 8.02. The van der Waals surface area contributed by atoms with Gasteiger partial charge >= 0.3 is 6.09 Å². The highest BCUT2D eigenvalue weighted by Crippen LogP contribution is 2.18. The van der Waals surface area contributed by atoms with Gasteiger partial charge in [0, 0.05) is 6.42 Å². The van der Waals surface area contributed by atoms with E-state index < -0.39 is 12.1 Å². The summed E-state index contributed by atoms with van der Waals surface area (Å²) < 4.78 is 5.29. The van der Waals surface area contributed by atoms with Crippen molar-refractivity contribution in [1.29, 1.82) is 0 Å². The number of hydrogen-bond acceptors (Lipinski definition) is 6. The molecule has 0 aliphatic carbocycles. The lowest BCUT2D eigenvalue weighted by atomic mass is 10.1. The summed E-state index contributed by atoms with van der Waals surface area (Å²) in [5.41, 5.74) is 4.66. The molecule has 0 saturated heterocycles. The van der Waals surface area contributed by atoms with E-state index in [4.69, 9.17) is 9.57 Å². The molecule has 7 nitrogen and oxygen atoms in total. The van der Waals surface area contributed by atoms with Crippen LogP contribution in [0.3, 0.4) is 0 Å². The number of carbonyl (C=O) groups is 2. The molecular weight excluding hydrogens is 414 g/mol. The Hall–Kier alpha value is -2.97. The molecule has 0 radical (unpaired) electrons. The van der Waals surface area contributed by atoms with E-state index in [2.05, 4.69) is 23.0 Å². The van der Waals surface area contributed by atoms with Gasteiger partial charge in [0.15, 0.2) is 0 Å². The molecule has 0 saturated carbocycles. The van der Waals surface area contributed by atoms with Crippen LogP contribution in [0.5, 0.6) is 0 Å². The number of carbonyl (C=O) groups excluding carboxylic acids is 2. The Morgan fingerprint density at radius 3 is 2.45 bits per heavy atom. The molecule has 1 unspecified atom stereocenters. The number of hydrogen-bond donors (Lipinski definition) is 3. The monoisotopic (exact) mass is 441 g/mol. The molecule has 2 aromatic rings.